The van der Waals surface area contributed by atoms with Crippen molar-refractivity contribution in [1.29, 1.82) is 0 Å². The molecule has 4 aromatic rings. The molecule has 2 fully saturated rings. The number of ether oxygens (including phenoxy) is 1. The van der Waals surface area contributed by atoms with Gasteiger partial charge in [-0.15, -0.1) is 0 Å². The highest BCUT2D eigenvalue weighted by Crippen LogP contribution is 2.44. The minimum atomic E-state index is 0.345. The highest BCUT2D eigenvalue weighted by atomic mass is 35.5. The standard InChI is InChI=1S/C25H25ClN6OS/c1-17-15-33-16-25(17)6-10-31(11-7-25)21-13-29-22(14-28-21)34-20-5-2-4-18(23(20)26)19-12-30-32-9-3-8-27-24(19)32/h2-5,8-9,12-14,17H,6-7,10-11,15-16H2,1H3/t17-/m1/s1. The number of hydrogen-bond donors (Lipinski definition) is 0. The van der Waals surface area contributed by atoms with E-state index in [4.69, 9.17) is 21.3 Å². The molecule has 1 spiro atoms. The maximum Gasteiger partial charge on any atom is 0.162 e. The van der Waals surface area contributed by atoms with Gasteiger partial charge in [-0.3, -0.25) is 0 Å². The Hall–Kier alpha value is -2.68. The van der Waals surface area contributed by atoms with Crippen molar-refractivity contribution < 1.29 is 4.74 Å². The van der Waals surface area contributed by atoms with Gasteiger partial charge in [0.1, 0.15) is 10.8 Å². The fourth-order valence-corrected chi connectivity index (χ4v) is 6.15. The molecule has 5 heterocycles. The molecule has 9 heteroatoms. The Labute approximate surface area is 207 Å². The van der Waals surface area contributed by atoms with E-state index in [9.17, 15) is 0 Å². The predicted molar refractivity (Wildman–Crippen MR) is 133 cm³/mol. The van der Waals surface area contributed by atoms with Gasteiger partial charge in [0, 0.05) is 53.5 Å². The second-order valence-electron chi connectivity index (χ2n) is 9.14. The topological polar surface area (TPSA) is 68.4 Å². The third kappa shape index (κ3) is 3.83. The molecule has 0 N–H and O–H groups in total. The molecule has 174 valence electrons. The van der Waals surface area contributed by atoms with Gasteiger partial charge in [-0.2, -0.15) is 5.10 Å². The molecule has 0 aliphatic carbocycles. The minimum absolute atomic E-state index is 0.345. The van der Waals surface area contributed by atoms with Crippen LogP contribution < -0.4 is 4.90 Å². The first-order valence-corrected chi connectivity index (χ1v) is 12.7. The lowest BCUT2D eigenvalue weighted by Crippen LogP contribution is -2.43. The molecule has 2 aliphatic rings. The van der Waals surface area contributed by atoms with Crippen LogP contribution in [0.25, 0.3) is 16.8 Å². The molecule has 1 aromatic carbocycles. The van der Waals surface area contributed by atoms with Crippen molar-refractivity contribution in [3.05, 3.63) is 60.3 Å². The number of piperidine rings is 1. The van der Waals surface area contributed by atoms with Crippen LogP contribution in [0.5, 0.6) is 0 Å². The maximum absolute atomic E-state index is 6.82. The van der Waals surface area contributed by atoms with E-state index in [-0.39, 0.29) is 0 Å². The second-order valence-corrected chi connectivity index (χ2v) is 10.6. The number of hydrogen-bond acceptors (Lipinski definition) is 7. The van der Waals surface area contributed by atoms with E-state index in [1.807, 2.05) is 42.9 Å². The number of benzene rings is 1. The van der Waals surface area contributed by atoms with Crippen molar-refractivity contribution in [2.75, 3.05) is 31.2 Å². The van der Waals surface area contributed by atoms with Crippen LogP contribution in [0.3, 0.4) is 0 Å². The van der Waals surface area contributed by atoms with Crippen molar-refractivity contribution in [3.8, 4) is 11.1 Å². The first kappa shape index (κ1) is 21.8. The summed E-state index contributed by atoms with van der Waals surface area (Å²) >= 11 is 8.34. The summed E-state index contributed by atoms with van der Waals surface area (Å²) in [5.41, 5.74) is 2.92. The van der Waals surface area contributed by atoms with Gasteiger partial charge in [0.25, 0.3) is 0 Å². The minimum Gasteiger partial charge on any atom is -0.381 e. The zero-order chi connectivity index (χ0) is 23.1. The molecule has 0 amide bonds. The predicted octanol–water partition coefficient (Wildman–Crippen LogP) is 5.24. The third-order valence-electron chi connectivity index (χ3n) is 7.25. The van der Waals surface area contributed by atoms with Gasteiger partial charge in [0.15, 0.2) is 5.65 Å². The molecule has 2 aliphatic heterocycles. The van der Waals surface area contributed by atoms with E-state index in [2.05, 4.69) is 26.9 Å². The highest BCUT2D eigenvalue weighted by molar-refractivity contribution is 7.99. The summed E-state index contributed by atoms with van der Waals surface area (Å²) in [4.78, 5) is 17.1. The molecule has 3 aromatic heterocycles. The second kappa shape index (κ2) is 8.83. The molecule has 0 bridgehead atoms. The third-order valence-corrected chi connectivity index (χ3v) is 8.75. The summed E-state index contributed by atoms with van der Waals surface area (Å²) in [7, 11) is 0. The van der Waals surface area contributed by atoms with Crippen LogP contribution in [-0.2, 0) is 4.74 Å². The Balaban J connectivity index is 1.18. The Kier molecular flexibility index (Phi) is 5.67. The van der Waals surface area contributed by atoms with Crippen molar-refractivity contribution in [1.82, 2.24) is 24.6 Å². The van der Waals surface area contributed by atoms with Crippen LogP contribution in [0, 0.1) is 11.3 Å². The quantitative estimate of drug-likeness (QED) is 0.385. The summed E-state index contributed by atoms with van der Waals surface area (Å²) in [6.07, 6.45) is 11.4. The van der Waals surface area contributed by atoms with Gasteiger partial charge in [-0.1, -0.05) is 42.4 Å². The Morgan fingerprint density at radius 3 is 2.71 bits per heavy atom. The monoisotopic (exact) mass is 492 g/mol. The fourth-order valence-electron chi connectivity index (χ4n) is 5.03. The molecule has 2 saturated heterocycles. The van der Waals surface area contributed by atoms with E-state index >= 15 is 0 Å². The molecular weight excluding hydrogens is 468 g/mol. The van der Waals surface area contributed by atoms with Crippen molar-refractivity contribution in [2.24, 2.45) is 11.3 Å². The van der Waals surface area contributed by atoms with Gasteiger partial charge in [-0.05, 0) is 30.9 Å². The average molecular weight is 493 g/mol. The molecule has 0 radical (unpaired) electrons. The lowest BCUT2D eigenvalue weighted by Gasteiger charge is -2.41. The van der Waals surface area contributed by atoms with E-state index in [1.54, 1.807) is 16.9 Å². The number of fused-ring (bicyclic) bond motifs is 1. The first-order chi connectivity index (χ1) is 16.6. The van der Waals surface area contributed by atoms with E-state index in [1.165, 1.54) is 11.8 Å². The lowest BCUT2D eigenvalue weighted by molar-refractivity contribution is 0.127. The summed E-state index contributed by atoms with van der Waals surface area (Å²) in [5.74, 6) is 1.57. The van der Waals surface area contributed by atoms with Crippen LogP contribution >= 0.6 is 23.4 Å². The molecule has 6 rings (SSSR count). The van der Waals surface area contributed by atoms with Gasteiger partial charge < -0.3 is 9.64 Å². The molecule has 0 unspecified atom stereocenters. The van der Waals surface area contributed by atoms with Crippen molar-refractivity contribution in [3.63, 3.8) is 0 Å². The summed E-state index contributed by atoms with van der Waals surface area (Å²) in [6.45, 7) is 6.10. The largest absolute Gasteiger partial charge is 0.381 e. The zero-order valence-corrected chi connectivity index (χ0v) is 20.5. The van der Waals surface area contributed by atoms with Gasteiger partial charge in [0.2, 0.25) is 0 Å². The summed E-state index contributed by atoms with van der Waals surface area (Å²) < 4.78 is 7.51. The maximum atomic E-state index is 6.82. The zero-order valence-electron chi connectivity index (χ0n) is 18.9. The summed E-state index contributed by atoms with van der Waals surface area (Å²) in [5, 5.41) is 5.86. The lowest BCUT2D eigenvalue weighted by atomic mass is 9.72. The van der Waals surface area contributed by atoms with Gasteiger partial charge >= 0.3 is 0 Å². The van der Waals surface area contributed by atoms with Crippen LogP contribution in [0.4, 0.5) is 5.82 Å². The Morgan fingerprint density at radius 2 is 1.94 bits per heavy atom. The van der Waals surface area contributed by atoms with E-state index in [0.717, 1.165) is 71.7 Å². The highest BCUT2D eigenvalue weighted by Gasteiger charge is 2.43. The first-order valence-electron chi connectivity index (χ1n) is 11.5. The van der Waals surface area contributed by atoms with Crippen LogP contribution in [0.1, 0.15) is 19.8 Å². The Morgan fingerprint density at radius 1 is 1.06 bits per heavy atom. The number of rotatable bonds is 4. The van der Waals surface area contributed by atoms with Crippen LogP contribution in [-0.4, -0.2) is 50.9 Å². The average Bonchev–Trinajstić information content (AvgIpc) is 3.45. The molecular formula is C25H25ClN6OS. The van der Waals surface area contributed by atoms with Crippen molar-refractivity contribution in [2.45, 2.75) is 29.7 Å². The summed E-state index contributed by atoms with van der Waals surface area (Å²) in [6, 6.07) is 7.84. The smallest absolute Gasteiger partial charge is 0.162 e. The van der Waals surface area contributed by atoms with E-state index in [0.29, 0.717) is 16.4 Å². The van der Waals surface area contributed by atoms with Gasteiger partial charge in [0.05, 0.1) is 30.2 Å². The van der Waals surface area contributed by atoms with Crippen molar-refractivity contribution >= 4 is 34.8 Å². The number of aromatic nitrogens is 5. The molecule has 1 atom stereocenters. The number of halogens is 1. The molecule has 0 saturated carbocycles. The normalized spacial score (nSPS) is 19.8. The van der Waals surface area contributed by atoms with Crippen LogP contribution in [0.15, 0.2) is 65.2 Å². The number of nitrogens with zero attached hydrogens (tertiary/aromatic N) is 6. The van der Waals surface area contributed by atoms with Crippen LogP contribution in [0.2, 0.25) is 5.02 Å². The van der Waals surface area contributed by atoms with Gasteiger partial charge in [-0.25, -0.2) is 19.5 Å². The fraction of sp³-hybridized carbons (Fsp3) is 0.360. The number of anilines is 1. The molecule has 34 heavy (non-hydrogen) atoms. The van der Waals surface area contributed by atoms with E-state index < -0.39 is 0 Å². The molecule has 7 nitrogen and oxygen atoms in total. The Bertz CT molecular complexity index is 1320. The SMILES string of the molecule is C[C@@H]1COCC12CCN(c1cnc(Sc3cccc(-c4cnn5cccnc45)c3Cl)cn1)CC2.